The summed E-state index contributed by atoms with van der Waals surface area (Å²) in [6.07, 6.45) is 96.0. The number of allylic oxidation sites excluding steroid dienone is 16. The maximum Gasteiger partial charge on any atom is 0.306 e. The first-order valence-electron chi connectivity index (χ1n) is 35.7. The van der Waals surface area contributed by atoms with Crippen LogP contribution in [0.15, 0.2) is 97.2 Å². The number of carbonyl (C=O) groups is 3. The van der Waals surface area contributed by atoms with Crippen molar-refractivity contribution in [1.82, 2.24) is 0 Å². The van der Waals surface area contributed by atoms with E-state index < -0.39 is 6.10 Å². The average Bonchev–Trinajstić information content (AvgIpc) is 3.49. The molecule has 6 heteroatoms. The van der Waals surface area contributed by atoms with Crippen molar-refractivity contribution < 1.29 is 28.6 Å². The van der Waals surface area contributed by atoms with Crippen LogP contribution in [0.5, 0.6) is 0 Å². The van der Waals surface area contributed by atoms with Gasteiger partial charge in [0.25, 0.3) is 0 Å². The van der Waals surface area contributed by atoms with Crippen LogP contribution in [0.2, 0.25) is 0 Å². The molecular weight excluding hydrogens is 1020 g/mol. The number of hydrogen-bond acceptors (Lipinski definition) is 6. The van der Waals surface area contributed by atoms with Crippen molar-refractivity contribution in [3.63, 3.8) is 0 Å². The Hall–Kier alpha value is -3.67. The molecule has 0 aromatic carbocycles. The number of ether oxygens (including phenoxy) is 3. The summed E-state index contributed by atoms with van der Waals surface area (Å²) >= 11 is 0. The fourth-order valence-electron chi connectivity index (χ4n) is 10.2. The normalized spacial score (nSPS) is 12.7. The van der Waals surface area contributed by atoms with Crippen molar-refractivity contribution in [3.05, 3.63) is 97.2 Å². The molecule has 1 unspecified atom stereocenters. The zero-order chi connectivity index (χ0) is 59.9. The summed E-state index contributed by atoms with van der Waals surface area (Å²) in [6, 6.07) is 0. The highest BCUT2D eigenvalue weighted by molar-refractivity contribution is 5.71. The number of esters is 3. The molecule has 0 aliphatic heterocycles. The van der Waals surface area contributed by atoms with Gasteiger partial charge in [0.15, 0.2) is 6.10 Å². The highest BCUT2D eigenvalue weighted by Crippen LogP contribution is 2.18. The molecule has 83 heavy (non-hydrogen) atoms. The predicted molar refractivity (Wildman–Crippen MR) is 362 cm³/mol. The minimum atomic E-state index is -0.787. The molecule has 0 aliphatic rings. The van der Waals surface area contributed by atoms with Gasteiger partial charge in [0.1, 0.15) is 13.2 Å². The standard InChI is InChI=1S/C77H134O6/c1-4-7-10-13-16-19-22-25-27-29-30-31-32-33-34-35-36-37-38-39-40-41-42-43-44-45-46-48-49-52-55-58-61-64-67-70-76(79)82-73-74(72-81-75(78)69-66-63-60-57-54-51-24-21-18-15-12-9-6-3)83-77(80)71-68-65-62-59-56-53-50-47-28-26-23-20-17-14-11-8-5-2/h7,10,12,15-17,19-21,24-28,30-31,74H,4-6,8-9,11,13-14,18,22-23,29,32-73H2,1-3H3/b10-7-,15-12-,19-16-,20-17-,24-21-,27-25-,28-26-,31-30-. The van der Waals surface area contributed by atoms with Gasteiger partial charge < -0.3 is 14.2 Å². The molecule has 478 valence electrons. The van der Waals surface area contributed by atoms with Crippen LogP contribution in [0.3, 0.4) is 0 Å². The fourth-order valence-corrected chi connectivity index (χ4v) is 10.2. The summed E-state index contributed by atoms with van der Waals surface area (Å²) in [5, 5.41) is 0. The maximum atomic E-state index is 12.9. The number of unbranched alkanes of at least 4 members (excludes halogenated alkanes) is 38. The summed E-state index contributed by atoms with van der Waals surface area (Å²) in [5.41, 5.74) is 0. The first-order chi connectivity index (χ1) is 41.0. The molecule has 0 rings (SSSR count). The molecule has 0 heterocycles. The van der Waals surface area contributed by atoms with E-state index in [0.717, 1.165) is 122 Å². The van der Waals surface area contributed by atoms with E-state index in [1.54, 1.807) is 0 Å². The molecule has 0 saturated heterocycles. The third-order valence-electron chi connectivity index (χ3n) is 15.5. The first-order valence-corrected chi connectivity index (χ1v) is 35.7. The Bertz CT molecular complexity index is 1610. The van der Waals surface area contributed by atoms with Crippen molar-refractivity contribution >= 4 is 17.9 Å². The molecule has 0 aliphatic carbocycles. The SMILES string of the molecule is CC/C=C\C/C=C\C/C=C\C/C=C\CCCCCCCCCCCCCCCCCCCCCCCCC(=O)OCC(COC(=O)CCCCCCC/C=C\C/C=C\CCC)OC(=O)CCCCCCCCC/C=C\C/C=C\CCCCC. The average molecular weight is 1160 g/mol. The van der Waals surface area contributed by atoms with Gasteiger partial charge in [-0.3, -0.25) is 14.4 Å². The summed E-state index contributed by atoms with van der Waals surface area (Å²) in [4.78, 5) is 38.4. The number of hydrogen-bond donors (Lipinski definition) is 0. The Morgan fingerprint density at radius 1 is 0.253 bits per heavy atom. The Labute approximate surface area is 515 Å². The lowest BCUT2D eigenvalue weighted by Crippen LogP contribution is -2.30. The van der Waals surface area contributed by atoms with Gasteiger partial charge in [-0.15, -0.1) is 0 Å². The topological polar surface area (TPSA) is 78.9 Å². The molecule has 0 aromatic heterocycles. The molecule has 0 spiro atoms. The monoisotopic (exact) mass is 1160 g/mol. The molecule has 1 atom stereocenters. The lowest BCUT2D eigenvalue weighted by Gasteiger charge is -2.18. The van der Waals surface area contributed by atoms with E-state index in [1.807, 2.05) is 0 Å². The summed E-state index contributed by atoms with van der Waals surface area (Å²) in [6.45, 7) is 6.46. The summed E-state index contributed by atoms with van der Waals surface area (Å²) in [5.74, 6) is -0.888. The zero-order valence-corrected chi connectivity index (χ0v) is 54.9. The molecule has 0 saturated carbocycles. The van der Waals surface area contributed by atoms with Crippen LogP contribution >= 0.6 is 0 Å². The third kappa shape index (κ3) is 69.0. The van der Waals surface area contributed by atoms with Gasteiger partial charge in [0.2, 0.25) is 0 Å². The Kier molecular flexibility index (Phi) is 67.7. The van der Waals surface area contributed by atoms with Gasteiger partial charge in [-0.25, -0.2) is 0 Å². The van der Waals surface area contributed by atoms with Gasteiger partial charge in [0, 0.05) is 19.3 Å². The maximum absolute atomic E-state index is 12.9. The molecule has 0 radical (unpaired) electrons. The lowest BCUT2D eigenvalue weighted by atomic mass is 10.0. The summed E-state index contributed by atoms with van der Waals surface area (Å²) < 4.78 is 16.9. The quantitative estimate of drug-likeness (QED) is 0.0261. The van der Waals surface area contributed by atoms with Crippen molar-refractivity contribution in [3.8, 4) is 0 Å². The number of rotatable bonds is 65. The Balaban J connectivity index is 4.12. The number of carbonyl (C=O) groups excluding carboxylic acids is 3. The highest BCUT2D eigenvalue weighted by Gasteiger charge is 2.19. The largest absolute Gasteiger partial charge is 0.462 e. The molecule has 0 aromatic rings. The van der Waals surface area contributed by atoms with E-state index in [-0.39, 0.29) is 31.1 Å². The van der Waals surface area contributed by atoms with Crippen LogP contribution in [-0.2, 0) is 28.6 Å². The Morgan fingerprint density at radius 2 is 0.494 bits per heavy atom. The highest BCUT2D eigenvalue weighted by atomic mass is 16.6. The summed E-state index contributed by atoms with van der Waals surface area (Å²) in [7, 11) is 0. The molecule has 0 fully saturated rings. The van der Waals surface area contributed by atoms with Crippen molar-refractivity contribution in [2.45, 2.75) is 361 Å². The molecular formula is C77H134O6. The second-order valence-corrected chi connectivity index (χ2v) is 23.8. The van der Waals surface area contributed by atoms with E-state index in [9.17, 15) is 14.4 Å². The van der Waals surface area contributed by atoms with Crippen LogP contribution in [0.4, 0.5) is 0 Å². The van der Waals surface area contributed by atoms with Crippen LogP contribution in [0, 0.1) is 0 Å². The van der Waals surface area contributed by atoms with Gasteiger partial charge in [-0.1, -0.05) is 317 Å². The van der Waals surface area contributed by atoms with E-state index in [4.69, 9.17) is 14.2 Å². The zero-order valence-electron chi connectivity index (χ0n) is 54.9. The molecule has 6 nitrogen and oxygen atoms in total. The molecule has 0 N–H and O–H groups in total. The van der Waals surface area contributed by atoms with Gasteiger partial charge in [-0.05, 0) is 116 Å². The van der Waals surface area contributed by atoms with Crippen molar-refractivity contribution in [2.75, 3.05) is 13.2 Å². The predicted octanol–water partition coefficient (Wildman–Crippen LogP) is 24.8. The van der Waals surface area contributed by atoms with Crippen molar-refractivity contribution in [2.24, 2.45) is 0 Å². The minimum Gasteiger partial charge on any atom is -0.462 e. The molecule has 0 amide bonds. The molecule has 0 bridgehead atoms. The smallest absolute Gasteiger partial charge is 0.306 e. The van der Waals surface area contributed by atoms with E-state index in [1.165, 1.54) is 193 Å². The fraction of sp³-hybridized carbons (Fsp3) is 0.753. The lowest BCUT2D eigenvalue weighted by molar-refractivity contribution is -0.167. The second kappa shape index (κ2) is 70.8. The van der Waals surface area contributed by atoms with Crippen LogP contribution < -0.4 is 0 Å². The van der Waals surface area contributed by atoms with Gasteiger partial charge >= 0.3 is 17.9 Å². The van der Waals surface area contributed by atoms with Crippen LogP contribution in [0.1, 0.15) is 355 Å². The minimum absolute atomic E-state index is 0.0812. The van der Waals surface area contributed by atoms with Crippen LogP contribution in [-0.4, -0.2) is 37.2 Å². The first kappa shape index (κ1) is 79.3. The van der Waals surface area contributed by atoms with Gasteiger partial charge in [0.05, 0.1) is 0 Å². The van der Waals surface area contributed by atoms with E-state index >= 15 is 0 Å². The third-order valence-corrected chi connectivity index (χ3v) is 15.5. The van der Waals surface area contributed by atoms with Crippen LogP contribution in [0.25, 0.3) is 0 Å². The van der Waals surface area contributed by atoms with E-state index in [2.05, 4.69) is 118 Å². The van der Waals surface area contributed by atoms with Gasteiger partial charge in [-0.2, -0.15) is 0 Å². The second-order valence-electron chi connectivity index (χ2n) is 23.8. The van der Waals surface area contributed by atoms with E-state index in [0.29, 0.717) is 19.3 Å². The van der Waals surface area contributed by atoms with Crippen molar-refractivity contribution in [1.29, 1.82) is 0 Å². The Morgan fingerprint density at radius 3 is 0.783 bits per heavy atom.